The third-order valence-electron chi connectivity index (χ3n) is 3.48. The molecule has 2 N–H and O–H groups in total. The van der Waals surface area contributed by atoms with Gasteiger partial charge < -0.3 is 10.2 Å². The second kappa shape index (κ2) is 6.83. The zero-order chi connectivity index (χ0) is 17.4. The fraction of sp³-hybridized carbons (Fsp3) is 0.500. The Hall–Kier alpha value is -0.420. The first-order valence-electron chi connectivity index (χ1n) is 6.55. The largest absolute Gasteiger partial charge is 0.395 e. The van der Waals surface area contributed by atoms with Crippen LogP contribution in [-0.2, 0) is 19.9 Å². The molecule has 1 aliphatic heterocycles. The Kier molecular flexibility index (Phi) is 5.62. The van der Waals surface area contributed by atoms with E-state index < -0.39 is 50.1 Å². The van der Waals surface area contributed by atoms with Gasteiger partial charge in [0.25, 0.3) is 0 Å². The van der Waals surface area contributed by atoms with E-state index in [1.165, 1.54) is 12.1 Å². The van der Waals surface area contributed by atoms with E-state index in [0.29, 0.717) is 0 Å². The summed E-state index contributed by atoms with van der Waals surface area (Å²) in [6, 6.07) is 2.51. The Morgan fingerprint density at radius 1 is 1.22 bits per heavy atom. The number of benzene rings is 1. The summed E-state index contributed by atoms with van der Waals surface area (Å²) in [6.45, 7) is -0.871. The van der Waals surface area contributed by atoms with Gasteiger partial charge in [-0.3, -0.25) is 0 Å². The monoisotopic (exact) mass is 403 g/mol. The summed E-state index contributed by atoms with van der Waals surface area (Å²) >= 11 is 11.6. The highest BCUT2D eigenvalue weighted by atomic mass is 35.5. The lowest BCUT2D eigenvalue weighted by atomic mass is 10.2. The quantitative estimate of drug-likeness (QED) is 0.722. The van der Waals surface area contributed by atoms with Gasteiger partial charge in [-0.25, -0.2) is 16.8 Å². The van der Waals surface area contributed by atoms with E-state index >= 15 is 0 Å². The van der Waals surface area contributed by atoms with Gasteiger partial charge >= 0.3 is 0 Å². The second-order valence-corrected chi connectivity index (χ2v) is 9.99. The lowest BCUT2D eigenvalue weighted by Gasteiger charge is -2.28. The molecule has 7 nitrogen and oxygen atoms in total. The highest BCUT2D eigenvalue weighted by molar-refractivity contribution is 7.92. The molecule has 23 heavy (non-hydrogen) atoms. The van der Waals surface area contributed by atoms with Crippen molar-refractivity contribution in [3.63, 3.8) is 0 Å². The molecule has 1 aromatic rings. The lowest BCUT2D eigenvalue weighted by molar-refractivity contribution is 0.117. The summed E-state index contributed by atoms with van der Waals surface area (Å²) in [5.74, 6) is -1.02. The normalized spacial score (nSPS) is 24.2. The highest BCUT2D eigenvalue weighted by Crippen LogP contribution is 2.29. The fourth-order valence-electron chi connectivity index (χ4n) is 2.42. The van der Waals surface area contributed by atoms with Crippen molar-refractivity contribution in [2.75, 3.05) is 24.7 Å². The zero-order valence-electron chi connectivity index (χ0n) is 11.8. The minimum atomic E-state index is -4.16. The molecule has 1 heterocycles. The Bertz CT molecular complexity index is 796. The number of aliphatic hydroxyl groups is 2. The molecule has 0 spiro atoms. The summed E-state index contributed by atoms with van der Waals surface area (Å²) in [4.78, 5) is -0.197. The zero-order valence-corrected chi connectivity index (χ0v) is 14.9. The predicted octanol–water partition coefficient (Wildman–Crippen LogP) is 0.134. The van der Waals surface area contributed by atoms with Crippen LogP contribution in [0.3, 0.4) is 0 Å². The van der Waals surface area contributed by atoms with Crippen LogP contribution in [0.1, 0.15) is 0 Å². The molecular formula is C12H15Cl2NO6S2. The first-order valence-corrected chi connectivity index (χ1v) is 10.6. The number of sulfonamides is 1. The number of halogens is 2. The smallest absolute Gasteiger partial charge is 0.243 e. The van der Waals surface area contributed by atoms with Gasteiger partial charge in [0.2, 0.25) is 10.0 Å². The SMILES string of the molecule is O=S1(=O)C[C@@H](O)[C@H](N(CCO)S(=O)(=O)c2ccc(Cl)c(Cl)c2)C1. The molecule has 0 radical (unpaired) electrons. The average Bonchev–Trinajstić information content (AvgIpc) is 2.71. The number of hydrogen-bond donors (Lipinski definition) is 2. The van der Waals surface area contributed by atoms with Gasteiger partial charge in [-0.1, -0.05) is 23.2 Å². The van der Waals surface area contributed by atoms with Crippen LogP contribution in [0.5, 0.6) is 0 Å². The van der Waals surface area contributed by atoms with Crippen molar-refractivity contribution in [1.29, 1.82) is 0 Å². The molecule has 0 saturated carbocycles. The number of nitrogens with zero attached hydrogens (tertiary/aromatic N) is 1. The minimum Gasteiger partial charge on any atom is -0.395 e. The van der Waals surface area contributed by atoms with Crippen molar-refractivity contribution in [2.24, 2.45) is 0 Å². The Morgan fingerprint density at radius 3 is 2.35 bits per heavy atom. The van der Waals surface area contributed by atoms with Gasteiger partial charge in [-0.2, -0.15) is 4.31 Å². The van der Waals surface area contributed by atoms with E-state index in [-0.39, 0.29) is 21.5 Å². The average molecular weight is 404 g/mol. The van der Waals surface area contributed by atoms with E-state index in [1.807, 2.05) is 0 Å². The Balaban J connectivity index is 2.45. The topological polar surface area (TPSA) is 112 Å². The van der Waals surface area contributed by atoms with E-state index in [9.17, 15) is 21.9 Å². The van der Waals surface area contributed by atoms with E-state index in [0.717, 1.165) is 10.4 Å². The van der Waals surface area contributed by atoms with Crippen LogP contribution in [0.4, 0.5) is 0 Å². The number of aliphatic hydroxyl groups excluding tert-OH is 2. The Labute approximate surface area is 144 Å². The standard InChI is InChI=1S/C12H15Cl2NO6S2/c13-9-2-1-8(5-10(9)14)23(20,21)15(3-4-16)11-6-22(18,19)7-12(11)17/h1-2,5,11-12,16-17H,3-4,6-7H2/t11-,12-/m1/s1. The molecule has 1 saturated heterocycles. The van der Waals surface area contributed by atoms with E-state index in [1.54, 1.807) is 0 Å². The summed E-state index contributed by atoms with van der Waals surface area (Å²) in [6.07, 6.45) is -1.36. The third kappa shape index (κ3) is 3.98. The molecular weight excluding hydrogens is 389 g/mol. The van der Waals surface area contributed by atoms with Crippen molar-refractivity contribution in [3.05, 3.63) is 28.2 Å². The fourth-order valence-corrected chi connectivity index (χ4v) is 6.35. The van der Waals surface area contributed by atoms with Crippen LogP contribution in [0.2, 0.25) is 10.0 Å². The second-order valence-electron chi connectivity index (χ2n) is 5.13. The molecule has 0 bridgehead atoms. The molecule has 1 aromatic carbocycles. The number of hydrogen-bond acceptors (Lipinski definition) is 6. The van der Waals surface area contributed by atoms with E-state index in [2.05, 4.69) is 0 Å². The maximum absolute atomic E-state index is 12.7. The van der Waals surface area contributed by atoms with Gasteiger partial charge in [0.1, 0.15) is 0 Å². The van der Waals surface area contributed by atoms with Crippen LogP contribution in [0.25, 0.3) is 0 Å². The van der Waals surface area contributed by atoms with E-state index in [4.69, 9.17) is 28.3 Å². The predicted molar refractivity (Wildman–Crippen MR) is 85.9 cm³/mol. The van der Waals surface area contributed by atoms with Gasteiger partial charge in [-0.15, -0.1) is 0 Å². The van der Waals surface area contributed by atoms with Gasteiger partial charge in [0.15, 0.2) is 9.84 Å². The summed E-state index contributed by atoms with van der Waals surface area (Å²) in [5, 5.41) is 19.2. The van der Waals surface area contributed by atoms with Gasteiger partial charge in [0, 0.05) is 6.54 Å². The molecule has 130 valence electrons. The van der Waals surface area contributed by atoms with Crippen LogP contribution in [-0.4, -0.2) is 68.2 Å². The lowest BCUT2D eigenvalue weighted by Crippen LogP contribution is -2.47. The van der Waals surface area contributed by atoms with Crippen LogP contribution < -0.4 is 0 Å². The van der Waals surface area contributed by atoms with Gasteiger partial charge in [-0.05, 0) is 18.2 Å². The molecule has 2 rings (SSSR count). The van der Waals surface area contributed by atoms with Crippen molar-refractivity contribution in [2.45, 2.75) is 17.0 Å². The number of rotatable bonds is 5. The molecule has 11 heteroatoms. The van der Waals surface area contributed by atoms with Crippen molar-refractivity contribution >= 4 is 43.1 Å². The summed E-state index contributed by atoms with van der Waals surface area (Å²) in [5.41, 5.74) is 0. The molecule has 0 amide bonds. The molecule has 1 fully saturated rings. The summed E-state index contributed by atoms with van der Waals surface area (Å²) < 4.78 is 49.5. The Morgan fingerprint density at radius 2 is 1.87 bits per heavy atom. The minimum absolute atomic E-state index is 0.0243. The maximum atomic E-state index is 12.7. The molecule has 1 aliphatic rings. The van der Waals surface area contributed by atoms with Crippen molar-refractivity contribution in [3.8, 4) is 0 Å². The highest BCUT2D eigenvalue weighted by Gasteiger charge is 2.44. The first kappa shape index (κ1) is 18.9. The van der Waals surface area contributed by atoms with Gasteiger partial charge in [0.05, 0.1) is 45.2 Å². The van der Waals surface area contributed by atoms with Crippen molar-refractivity contribution < 1.29 is 27.0 Å². The maximum Gasteiger partial charge on any atom is 0.243 e. The summed E-state index contributed by atoms with van der Waals surface area (Å²) in [7, 11) is -7.71. The van der Waals surface area contributed by atoms with Crippen LogP contribution >= 0.6 is 23.2 Å². The third-order valence-corrected chi connectivity index (χ3v) is 7.84. The van der Waals surface area contributed by atoms with Crippen LogP contribution in [0.15, 0.2) is 23.1 Å². The van der Waals surface area contributed by atoms with Crippen LogP contribution in [0, 0.1) is 0 Å². The van der Waals surface area contributed by atoms with Crippen molar-refractivity contribution in [1.82, 2.24) is 4.31 Å². The molecule has 0 aromatic heterocycles. The number of sulfone groups is 1. The molecule has 2 atom stereocenters. The molecule has 0 unspecified atom stereocenters. The molecule has 0 aliphatic carbocycles. The first-order chi connectivity index (χ1) is 10.6.